The van der Waals surface area contributed by atoms with Crippen molar-refractivity contribution in [2.45, 2.75) is 25.4 Å². The molecule has 0 spiro atoms. The van der Waals surface area contributed by atoms with Crippen LogP contribution in [0.1, 0.15) is 16.7 Å². The summed E-state index contributed by atoms with van der Waals surface area (Å²) in [5.74, 6) is -0.306. The number of nitrogens with one attached hydrogen (secondary N) is 1. The molecule has 0 fully saturated rings. The predicted octanol–water partition coefficient (Wildman–Crippen LogP) is 4.27. The minimum atomic E-state index is -0.621. The lowest BCUT2D eigenvalue weighted by Crippen LogP contribution is -2.50. The molecule has 0 saturated heterocycles. The van der Waals surface area contributed by atoms with Gasteiger partial charge in [-0.25, -0.2) is 0 Å². The first kappa shape index (κ1) is 21.6. The molecule has 1 atom stereocenters. The lowest BCUT2D eigenvalue weighted by molar-refractivity contribution is -0.140. The molecule has 0 aromatic heterocycles. The van der Waals surface area contributed by atoms with Gasteiger partial charge in [-0.2, -0.15) is 0 Å². The zero-order valence-corrected chi connectivity index (χ0v) is 17.7. The van der Waals surface area contributed by atoms with Crippen LogP contribution in [0.2, 0.25) is 5.02 Å². The van der Waals surface area contributed by atoms with Crippen molar-refractivity contribution in [1.29, 1.82) is 0 Å². The fourth-order valence-corrected chi connectivity index (χ4v) is 3.64. The van der Waals surface area contributed by atoms with E-state index in [2.05, 4.69) is 5.32 Å². The summed E-state index contributed by atoms with van der Waals surface area (Å²) in [6.07, 6.45) is 0.615. The van der Waals surface area contributed by atoms with E-state index in [1.807, 2.05) is 72.8 Å². The third kappa shape index (κ3) is 5.94. The standard InChI is InChI=1S/C25H25ClN2O2/c1-27-25(30)23(16-19-9-4-2-5-10-19)28(18-20-11-6-3-7-12-20)24(29)17-21-13-8-14-22(26)15-21/h2-15,23H,16-18H2,1H3,(H,27,30)/t23-/m0/s1. The number of hydrogen-bond donors (Lipinski definition) is 1. The highest BCUT2D eigenvalue weighted by molar-refractivity contribution is 6.30. The van der Waals surface area contributed by atoms with Crippen molar-refractivity contribution >= 4 is 23.4 Å². The van der Waals surface area contributed by atoms with Gasteiger partial charge in [0.05, 0.1) is 6.42 Å². The third-order valence-electron chi connectivity index (χ3n) is 4.96. The van der Waals surface area contributed by atoms with E-state index in [9.17, 15) is 9.59 Å². The van der Waals surface area contributed by atoms with E-state index in [4.69, 9.17) is 11.6 Å². The molecule has 3 aromatic rings. The van der Waals surface area contributed by atoms with Crippen LogP contribution in [0, 0.1) is 0 Å². The van der Waals surface area contributed by atoms with Gasteiger partial charge in [-0.15, -0.1) is 0 Å². The number of benzene rings is 3. The zero-order chi connectivity index (χ0) is 21.3. The quantitative estimate of drug-likeness (QED) is 0.591. The van der Waals surface area contributed by atoms with Crippen LogP contribution in [0.4, 0.5) is 0 Å². The van der Waals surface area contributed by atoms with Gasteiger partial charge in [0.15, 0.2) is 0 Å². The molecule has 0 saturated carbocycles. The van der Waals surface area contributed by atoms with Crippen LogP contribution < -0.4 is 5.32 Å². The zero-order valence-electron chi connectivity index (χ0n) is 16.9. The molecule has 0 radical (unpaired) electrons. The maximum absolute atomic E-state index is 13.4. The van der Waals surface area contributed by atoms with Gasteiger partial charge in [0.2, 0.25) is 11.8 Å². The SMILES string of the molecule is CNC(=O)[C@H](Cc1ccccc1)N(Cc1ccccc1)C(=O)Cc1cccc(Cl)c1. The summed E-state index contributed by atoms with van der Waals surface area (Å²) in [5.41, 5.74) is 2.79. The molecule has 3 rings (SSSR count). The Kier molecular flexibility index (Phi) is 7.63. The van der Waals surface area contributed by atoms with Crippen molar-refractivity contribution < 1.29 is 9.59 Å². The Hall–Kier alpha value is -3.11. The third-order valence-corrected chi connectivity index (χ3v) is 5.19. The van der Waals surface area contributed by atoms with E-state index in [0.717, 1.165) is 16.7 Å². The van der Waals surface area contributed by atoms with Gasteiger partial charge in [0.25, 0.3) is 0 Å². The molecule has 0 aliphatic heterocycles. The van der Waals surface area contributed by atoms with Gasteiger partial charge in [0.1, 0.15) is 6.04 Å². The number of hydrogen-bond acceptors (Lipinski definition) is 2. The van der Waals surface area contributed by atoms with E-state index in [1.165, 1.54) is 0 Å². The summed E-state index contributed by atoms with van der Waals surface area (Å²) < 4.78 is 0. The Morgan fingerprint density at radius 3 is 2.07 bits per heavy atom. The molecule has 0 aliphatic rings. The van der Waals surface area contributed by atoms with E-state index in [-0.39, 0.29) is 18.2 Å². The summed E-state index contributed by atoms with van der Waals surface area (Å²) in [6, 6.07) is 26.1. The average molecular weight is 421 g/mol. The summed E-state index contributed by atoms with van der Waals surface area (Å²) in [7, 11) is 1.60. The van der Waals surface area contributed by atoms with Gasteiger partial charge in [-0.3, -0.25) is 9.59 Å². The van der Waals surface area contributed by atoms with Crippen LogP contribution in [0.25, 0.3) is 0 Å². The predicted molar refractivity (Wildman–Crippen MR) is 120 cm³/mol. The van der Waals surface area contributed by atoms with Gasteiger partial charge in [-0.1, -0.05) is 84.4 Å². The van der Waals surface area contributed by atoms with E-state index in [1.54, 1.807) is 24.1 Å². The van der Waals surface area contributed by atoms with E-state index >= 15 is 0 Å². The van der Waals surface area contributed by atoms with Crippen molar-refractivity contribution in [3.05, 3.63) is 107 Å². The van der Waals surface area contributed by atoms with Crippen LogP contribution in [0.3, 0.4) is 0 Å². The van der Waals surface area contributed by atoms with Crippen LogP contribution >= 0.6 is 11.6 Å². The second-order valence-corrected chi connectivity index (χ2v) is 7.57. The van der Waals surface area contributed by atoms with Gasteiger partial charge in [-0.05, 0) is 28.8 Å². The highest BCUT2D eigenvalue weighted by Crippen LogP contribution is 2.18. The van der Waals surface area contributed by atoms with E-state index < -0.39 is 6.04 Å². The largest absolute Gasteiger partial charge is 0.357 e. The molecule has 1 N–H and O–H groups in total. The molecule has 0 bridgehead atoms. The number of rotatable bonds is 8. The molecule has 4 nitrogen and oxygen atoms in total. The molecule has 0 unspecified atom stereocenters. The average Bonchev–Trinajstić information content (AvgIpc) is 2.77. The fourth-order valence-electron chi connectivity index (χ4n) is 3.42. The molecule has 3 aromatic carbocycles. The molecule has 30 heavy (non-hydrogen) atoms. The number of nitrogens with zero attached hydrogens (tertiary/aromatic N) is 1. The maximum Gasteiger partial charge on any atom is 0.242 e. The monoisotopic (exact) mass is 420 g/mol. The summed E-state index contributed by atoms with van der Waals surface area (Å²) >= 11 is 6.09. The fraction of sp³-hybridized carbons (Fsp3) is 0.200. The lowest BCUT2D eigenvalue weighted by Gasteiger charge is -2.31. The van der Waals surface area contributed by atoms with Crippen LogP contribution in [-0.2, 0) is 29.0 Å². The Balaban J connectivity index is 1.92. The molecule has 0 aliphatic carbocycles. The number of halogens is 1. The minimum Gasteiger partial charge on any atom is -0.357 e. The minimum absolute atomic E-state index is 0.120. The molecular weight excluding hydrogens is 396 g/mol. The second-order valence-electron chi connectivity index (χ2n) is 7.13. The number of likely N-dealkylation sites (N-methyl/N-ethyl adjacent to an activating group) is 1. The highest BCUT2D eigenvalue weighted by Gasteiger charge is 2.29. The van der Waals surface area contributed by atoms with Crippen LogP contribution in [0.5, 0.6) is 0 Å². The summed E-state index contributed by atoms with van der Waals surface area (Å²) in [6.45, 7) is 0.352. The van der Waals surface area contributed by atoms with Crippen LogP contribution in [-0.4, -0.2) is 29.8 Å². The van der Waals surface area contributed by atoms with Gasteiger partial charge >= 0.3 is 0 Å². The Labute approximate surface area is 182 Å². The van der Waals surface area contributed by atoms with Crippen molar-refractivity contribution in [1.82, 2.24) is 10.2 Å². The van der Waals surface area contributed by atoms with Crippen molar-refractivity contribution in [2.75, 3.05) is 7.05 Å². The first-order valence-electron chi connectivity index (χ1n) is 9.90. The summed E-state index contributed by atoms with van der Waals surface area (Å²) in [4.78, 5) is 27.9. The molecule has 2 amide bonds. The summed E-state index contributed by atoms with van der Waals surface area (Å²) in [5, 5.41) is 3.31. The molecule has 154 valence electrons. The normalized spacial score (nSPS) is 11.5. The first-order valence-corrected chi connectivity index (χ1v) is 10.3. The Bertz CT molecular complexity index is 977. The molecular formula is C25H25ClN2O2. The van der Waals surface area contributed by atoms with E-state index in [0.29, 0.717) is 18.0 Å². The van der Waals surface area contributed by atoms with Crippen molar-refractivity contribution in [3.63, 3.8) is 0 Å². The number of carbonyl (C=O) groups is 2. The van der Waals surface area contributed by atoms with Crippen LogP contribution in [0.15, 0.2) is 84.9 Å². The highest BCUT2D eigenvalue weighted by atomic mass is 35.5. The molecule has 5 heteroatoms. The first-order chi connectivity index (χ1) is 14.6. The maximum atomic E-state index is 13.4. The van der Waals surface area contributed by atoms with Crippen molar-refractivity contribution in [3.8, 4) is 0 Å². The Morgan fingerprint density at radius 1 is 0.867 bits per heavy atom. The lowest BCUT2D eigenvalue weighted by atomic mass is 10.0. The second kappa shape index (κ2) is 10.6. The molecule has 0 heterocycles. The Morgan fingerprint density at radius 2 is 1.47 bits per heavy atom. The van der Waals surface area contributed by atoms with Crippen molar-refractivity contribution in [2.24, 2.45) is 0 Å². The van der Waals surface area contributed by atoms with Gasteiger partial charge in [0, 0.05) is 25.0 Å². The number of amides is 2. The smallest absolute Gasteiger partial charge is 0.242 e. The van der Waals surface area contributed by atoms with Gasteiger partial charge < -0.3 is 10.2 Å². The number of carbonyl (C=O) groups excluding carboxylic acids is 2. The topological polar surface area (TPSA) is 49.4 Å².